The molecular weight excluding hydrogens is 212 g/mol. The fourth-order valence-corrected chi connectivity index (χ4v) is 1.73. The minimum atomic E-state index is -0.211. The first-order valence-electron chi connectivity index (χ1n) is 5.99. The molecule has 0 fully saturated rings. The lowest BCUT2D eigenvalue weighted by atomic mass is 10.0. The molecule has 0 heterocycles. The number of nitriles is 1. The maximum absolute atomic E-state index is 10.5. The summed E-state index contributed by atoms with van der Waals surface area (Å²) in [5.74, 6) is -0.211. The number of benzene rings is 1. The summed E-state index contributed by atoms with van der Waals surface area (Å²) >= 11 is 0. The first-order valence-corrected chi connectivity index (χ1v) is 5.99. The topological polar surface area (TPSA) is 66.9 Å². The van der Waals surface area contributed by atoms with Crippen molar-refractivity contribution in [3.05, 3.63) is 35.4 Å². The molecule has 0 bridgehead atoms. The number of carbonyl (C=O) groups is 1. The Morgan fingerprint density at radius 3 is 2.35 bits per heavy atom. The maximum atomic E-state index is 10.5. The second-order valence-electron chi connectivity index (χ2n) is 4.19. The highest BCUT2D eigenvalue weighted by Crippen LogP contribution is 2.10. The number of carbonyl (C=O) groups excluding carboxylic acids is 1. The molecule has 0 unspecified atom stereocenters. The van der Waals surface area contributed by atoms with Crippen molar-refractivity contribution < 1.29 is 4.79 Å². The second kappa shape index (κ2) is 7.45. The number of hydrogen-bond acceptors (Lipinski definition) is 2. The Hall–Kier alpha value is -1.82. The van der Waals surface area contributed by atoms with Crippen LogP contribution in [0.1, 0.15) is 43.2 Å². The SMILES string of the molecule is N#Cc1ccc(CCCCCCC(N)=O)cc1. The van der Waals surface area contributed by atoms with Crippen molar-refractivity contribution in [3.8, 4) is 6.07 Å². The number of nitrogens with two attached hydrogens (primary N) is 1. The first-order chi connectivity index (χ1) is 8.22. The van der Waals surface area contributed by atoms with Crippen molar-refractivity contribution in [2.24, 2.45) is 5.73 Å². The van der Waals surface area contributed by atoms with Gasteiger partial charge in [-0.05, 0) is 37.0 Å². The van der Waals surface area contributed by atoms with Crippen molar-refractivity contribution in [3.63, 3.8) is 0 Å². The summed E-state index contributed by atoms with van der Waals surface area (Å²) < 4.78 is 0. The summed E-state index contributed by atoms with van der Waals surface area (Å²) in [6.45, 7) is 0. The highest BCUT2D eigenvalue weighted by molar-refractivity contribution is 5.73. The molecule has 90 valence electrons. The van der Waals surface area contributed by atoms with Gasteiger partial charge in [0.2, 0.25) is 5.91 Å². The van der Waals surface area contributed by atoms with E-state index in [4.69, 9.17) is 11.0 Å². The molecule has 3 nitrogen and oxygen atoms in total. The normalized spacial score (nSPS) is 9.82. The van der Waals surface area contributed by atoms with E-state index in [0.717, 1.165) is 32.1 Å². The van der Waals surface area contributed by atoms with E-state index in [0.29, 0.717) is 12.0 Å². The van der Waals surface area contributed by atoms with Crippen LogP contribution >= 0.6 is 0 Å². The number of nitrogens with zero attached hydrogens (tertiary/aromatic N) is 1. The molecule has 2 N–H and O–H groups in total. The van der Waals surface area contributed by atoms with Gasteiger partial charge in [-0.1, -0.05) is 25.0 Å². The van der Waals surface area contributed by atoms with Crippen molar-refractivity contribution in [1.82, 2.24) is 0 Å². The Morgan fingerprint density at radius 1 is 1.12 bits per heavy atom. The largest absolute Gasteiger partial charge is 0.370 e. The molecule has 0 radical (unpaired) electrons. The molecule has 1 amide bonds. The van der Waals surface area contributed by atoms with Crippen LogP contribution in [0.2, 0.25) is 0 Å². The third-order valence-corrected chi connectivity index (χ3v) is 2.72. The molecule has 1 aromatic carbocycles. The molecule has 1 rings (SSSR count). The lowest BCUT2D eigenvalue weighted by Crippen LogP contribution is -2.09. The summed E-state index contributed by atoms with van der Waals surface area (Å²) in [7, 11) is 0. The van der Waals surface area contributed by atoms with E-state index in [2.05, 4.69) is 6.07 Å². The van der Waals surface area contributed by atoms with Gasteiger partial charge in [0, 0.05) is 6.42 Å². The minimum absolute atomic E-state index is 0.211. The number of amides is 1. The zero-order valence-electron chi connectivity index (χ0n) is 9.98. The minimum Gasteiger partial charge on any atom is -0.370 e. The van der Waals surface area contributed by atoms with E-state index in [1.54, 1.807) is 0 Å². The zero-order valence-corrected chi connectivity index (χ0v) is 9.98. The molecule has 0 aliphatic heterocycles. The number of unbranched alkanes of at least 4 members (excludes halogenated alkanes) is 3. The Labute approximate surface area is 102 Å². The van der Waals surface area contributed by atoms with Gasteiger partial charge in [0.05, 0.1) is 11.6 Å². The van der Waals surface area contributed by atoms with Crippen LogP contribution in [0.5, 0.6) is 0 Å². The average molecular weight is 230 g/mol. The van der Waals surface area contributed by atoms with Crippen LogP contribution in [-0.2, 0) is 11.2 Å². The van der Waals surface area contributed by atoms with Crippen LogP contribution < -0.4 is 5.73 Å². The fraction of sp³-hybridized carbons (Fsp3) is 0.429. The van der Waals surface area contributed by atoms with Gasteiger partial charge in [0.25, 0.3) is 0 Å². The van der Waals surface area contributed by atoms with Gasteiger partial charge in [0.1, 0.15) is 0 Å². The van der Waals surface area contributed by atoms with Crippen molar-refractivity contribution >= 4 is 5.91 Å². The number of aryl methyl sites for hydroxylation is 1. The van der Waals surface area contributed by atoms with Crippen LogP contribution in [0.15, 0.2) is 24.3 Å². The van der Waals surface area contributed by atoms with Crippen LogP contribution in [0, 0.1) is 11.3 Å². The summed E-state index contributed by atoms with van der Waals surface area (Å²) in [4.78, 5) is 10.5. The summed E-state index contributed by atoms with van der Waals surface area (Å²) in [6.07, 6.45) is 5.71. The Kier molecular flexibility index (Phi) is 5.81. The van der Waals surface area contributed by atoms with Crippen molar-refractivity contribution in [2.45, 2.75) is 38.5 Å². The smallest absolute Gasteiger partial charge is 0.217 e. The van der Waals surface area contributed by atoms with Gasteiger partial charge in [-0.3, -0.25) is 4.79 Å². The quantitative estimate of drug-likeness (QED) is 0.731. The van der Waals surface area contributed by atoms with Crippen LogP contribution in [0.3, 0.4) is 0 Å². The highest BCUT2D eigenvalue weighted by Gasteiger charge is 1.97. The predicted molar refractivity (Wildman–Crippen MR) is 67.1 cm³/mol. The Balaban J connectivity index is 2.14. The first kappa shape index (κ1) is 13.2. The summed E-state index contributed by atoms with van der Waals surface area (Å²) in [5.41, 5.74) is 7.03. The van der Waals surface area contributed by atoms with Gasteiger partial charge in [-0.2, -0.15) is 5.26 Å². The van der Waals surface area contributed by atoms with E-state index in [1.807, 2.05) is 24.3 Å². The Bertz CT molecular complexity index is 390. The molecule has 0 saturated carbocycles. The average Bonchev–Trinajstić information content (AvgIpc) is 2.34. The molecule has 0 atom stereocenters. The van der Waals surface area contributed by atoms with Gasteiger partial charge in [-0.25, -0.2) is 0 Å². The molecule has 0 spiro atoms. The monoisotopic (exact) mass is 230 g/mol. The second-order valence-corrected chi connectivity index (χ2v) is 4.19. The molecule has 0 aliphatic carbocycles. The Morgan fingerprint density at radius 2 is 1.76 bits per heavy atom. The fourth-order valence-electron chi connectivity index (χ4n) is 1.73. The van der Waals surface area contributed by atoms with E-state index in [-0.39, 0.29) is 5.91 Å². The van der Waals surface area contributed by atoms with Gasteiger partial charge < -0.3 is 5.73 Å². The molecule has 0 saturated heterocycles. The number of hydrogen-bond donors (Lipinski definition) is 1. The predicted octanol–water partition coefficient (Wildman–Crippen LogP) is 2.54. The third-order valence-electron chi connectivity index (χ3n) is 2.72. The standard InChI is InChI=1S/C14H18N2O/c15-11-13-9-7-12(8-10-13)5-3-1-2-4-6-14(16)17/h7-10H,1-6H2,(H2,16,17). The van der Waals surface area contributed by atoms with Crippen LogP contribution in [-0.4, -0.2) is 5.91 Å². The lowest BCUT2D eigenvalue weighted by molar-refractivity contribution is -0.118. The van der Waals surface area contributed by atoms with E-state index in [1.165, 1.54) is 5.56 Å². The lowest BCUT2D eigenvalue weighted by Gasteiger charge is -2.01. The molecule has 0 aromatic heterocycles. The molecule has 3 heteroatoms. The zero-order chi connectivity index (χ0) is 12.5. The van der Waals surface area contributed by atoms with Crippen LogP contribution in [0.4, 0.5) is 0 Å². The summed E-state index contributed by atoms with van der Waals surface area (Å²) in [6, 6.07) is 9.81. The summed E-state index contributed by atoms with van der Waals surface area (Å²) in [5, 5.41) is 8.66. The molecule has 0 aliphatic rings. The number of rotatable bonds is 7. The molecule has 17 heavy (non-hydrogen) atoms. The number of primary amides is 1. The van der Waals surface area contributed by atoms with Gasteiger partial charge in [0.15, 0.2) is 0 Å². The molecule has 1 aromatic rings. The van der Waals surface area contributed by atoms with E-state index >= 15 is 0 Å². The van der Waals surface area contributed by atoms with E-state index in [9.17, 15) is 4.79 Å². The van der Waals surface area contributed by atoms with Gasteiger partial charge >= 0.3 is 0 Å². The van der Waals surface area contributed by atoms with Gasteiger partial charge in [-0.15, -0.1) is 0 Å². The maximum Gasteiger partial charge on any atom is 0.217 e. The molecular formula is C14H18N2O. The van der Waals surface area contributed by atoms with Crippen molar-refractivity contribution in [2.75, 3.05) is 0 Å². The third kappa shape index (κ3) is 5.72. The van der Waals surface area contributed by atoms with Crippen molar-refractivity contribution in [1.29, 1.82) is 5.26 Å². The van der Waals surface area contributed by atoms with Crippen LogP contribution in [0.25, 0.3) is 0 Å². The van der Waals surface area contributed by atoms with E-state index < -0.39 is 0 Å². The highest BCUT2D eigenvalue weighted by atomic mass is 16.1.